The van der Waals surface area contributed by atoms with Gasteiger partial charge >= 0.3 is 6.03 Å². The van der Waals surface area contributed by atoms with Crippen LogP contribution in [0.2, 0.25) is 0 Å². The smallest absolute Gasteiger partial charge is 0.321 e. The summed E-state index contributed by atoms with van der Waals surface area (Å²) in [4.78, 5) is 26.7. The van der Waals surface area contributed by atoms with Gasteiger partial charge in [-0.3, -0.25) is 4.79 Å². The van der Waals surface area contributed by atoms with E-state index in [0.717, 1.165) is 24.1 Å². The normalized spacial score (nSPS) is 16.8. The lowest BCUT2D eigenvalue weighted by molar-refractivity contribution is -0.126. The molecule has 5 nitrogen and oxygen atoms in total. The number of nitrogens with zero attached hydrogens (tertiary/aromatic N) is 1. The van der Waals surface area contributed by atoms with Gasteiger partial charge in [-0.2, -0.15) is 0 Å². The number of para-hydroxylation sites is 1. The lowest BCUT2D eigenvalue weighted by Gasteiger charge is -2.32. The average molecular weight is 351 g/mol. The third-order valence-electron chi connectivity index (χ3n) is 4.82. The molecule has 3 amide bonds. The predicted molar refractivity (Wildman–Crippen MR) is 103 cm³/mol. The van der Waals surface area contributed by atoms with Gasteiger partial charge in [0.05, 0.1) is 5.92 Å². The molecule has 26 heavy (non-hydrogen) atoms. The average Bonchev–Trinajstić information content (AvgIpc) is 2.68. The van der Waals surface area contributed by atoms with Crippen LogP contribution in [0.15, 0.2) is 54.6 Å². The molecule has 0 spiro atoms. The van der Waals surface area contributed by atoms with E-state index in [1.54, 1.807) is 4.90 Å². The maximum atomic E-state index is 12.5. The van der Waals surface area contributed by atoms with Crippen LogP contribution in [0.25, 0.3) is 0 Å². The summed E-state index contributed by atoms with van der Waals surface area (Å²) in [7, 11) is 0. The Morgan fingerprint density at radius 2 is 1.81 bits per heavy atom. The molecule has 0 radical (unpaired) electrons. The number of anilines is 1. The van der Waals surface area contributed by atoms with Crippen molar-refractivity contribution in [2.45, 2.75) is 26.3 Å². The Balaban J connectivity index is 1.53. The van der Waals surface area contributed by atoms with Gasteiger partial charge in [-0.1, -0.05) is 42.5 Å². The van der Waals surface area contributed by atoms with Crippen molar-refractivity contribution in [3.05, 3.63) is 65.7 Å². The zero-order valence-electron chi connectivity index (χ0n) is 15.1. The molecular formula is C21H25N3O2. The molecule has 1 fully saturated rings. The highest BCUT2D eigenvalue weighted by Crippen LogP contribution is 2.18. The first kappa shape index (κ1) is 18.0. The molecule has 0 saturated carbocycles. The number of amides is 3. The quantitative estimate of drug-likeness (QED) is 0.885. The van der Waals surface area contributed by atoms with Crippen molar-refractivity contribution >= 4 is 17.6 Å². The number of hydrogen-bond donors (Lipinski definition) is 2. The molecule has 0 aliphatic carbocycles. The molecule has 136 valence electrons. The number of nitrogens with one attached hydrogen (secondary N) is 2. The Morgan fingerprint density at radius 3 is 2.58 bits per heavy atom. The lowest BCUT2D eigenvalue weighted by atomic mass is 9.97. The molecule has 2 N–H and O–H groups in total. The van der Waals surface area contributed by atoms with E-state index < -0.39 is 0 Å². The first-order valence-electron chi connectivity index (χ1n) is 9.06. The first-order chi connectivity index (χ1) is 12.6. The monoisotopic (exact) mass is 351 g/mol. The maximum absolute atomic E-state index is 12.5. The van der Waals surface area contributed by atoms with Crippen LogP contribution in [0.4, 0.5) is 10.5 Å². The highest BCUT2D eigenvalue weighted by molar-refractivity contribution is 5.90. The minimum absolute atomic E-state index is 0.0189. The molecule has 2 aromatic rings. The lowest BCUT2D eigenvalue weighted by Crippen LogP contribution is -2.46. The van der Waals surface area contributed by atoms with Crippen molar-refractivity contribution < 1.29 is 9.59 Å². The highest BCUT2D eigenvalue weighted by atomic mass is 16.2. The topological polar surface area (TPSA) is 61.4 Å². The maximum Gasteiger partial charge on any atom is 0.321 e. The van der Waals surface area contributed by atoms with Crippen LogP contribution in [0.5, 0.6) is 0 Å². The summed E-state index contributed by atoms with van der Waals surface area (Å²) in [6.07, 6.45) is 1.65. The number of likely N-dealkylation sites (tertiary alicyclic amines) is 1. The number of rotatable bonds is 4. The highest BCUT2D eigenvalue weighted by Gasteiger charge is 2.28. The SMILES string of the molecule is Cc1ccccc1CNC(=O)C1CCCN(C(=O)Nc2ccccc2)C1. The van der Waals surface area contributed by atoms with Crippen molar-refractivity contribution in [2.75, 3.05) is 18.4 Å². The molecule has 1 saturated heterocycles. The molecule has 1 atom stereocenters. The van der Waals surface area contributed by atoms with Crippen molar-refractivity contribution in [1.29, 1.82) is 0 Å². The van der Waals surface area contributed by atoms with Crippen LogP contribution in [0, 0.1) is 12.8 Å². The summed E-state index contributed by atoms with van der Waals surface area (Å²) < 4.78 is 0. The Morgan fingerprint density at radius 1 is 1.08 bits per heavy atom. The van der Waals surface area contributed by atoms with E-state index in [1.807, 2.05) is 61.5 Å². The van der Waals surface area contributed by atoms with E-state index in [2.05, 4.69) is 10.6 Å². The van der Waals surface area contributed by atoms with Crippen LogP contribution in [-0.4, -0.2) is 29.9 Å². The number of piperidine rings is 1. The molecule has 1 aliphatic heterocycles. The summed E-state index contributed by atoms with van der Waals surface area (Å²) in [5.74, 6) is -0.139. The van der Waals surface area contributed by atoms with Crippen LogP contribution < -0.4 is 10.6 Å². The van der Waals surface area contributed by atoms with E-state index in [4.69, 9.17) is 0 Å². The summed E-state index contributed by atoms with van der Waals surface area (Å²) in [6.45, 7) is 3.70. The number of aryl methyl sites for hydroxylation is 1. The largest absolute Gasteiger partial charge is 0.352 e. The first-order valence-corrected chi connectivity index (χ1v) is 9.06. The van der Waals surface area contributed by atoms with Crippen LogP contribution in [0.1, 0.15) is 24.0 Å². The fourth-order valence-corrected chi connectivity index (χ4v) is 3.23. The van der Waals surface area contributed by atoms with E-state index in [-0.39, 0.29) is 17.9 Å². The van der Waals surface area contributed by atoms with Crippen molar-refractivity contribution in [1.82, 2.24) is 10.2 Å². The number of urea groups is 1. The van der Waals surface area contributed by atoms with Gasteiger partial charge in [0, 0.05) is 25.3 Å². The molecule has 0 bridgehead atoms. The van der Waals surface area contributed by atoms with Gasteiger partial charge in [-0.05, 0) is 43.0 Å². The minimum atomic E-state index is -0.158. The standard InChI is InChI=1S/C21H25N3O2/c1-16-8-5-6-9-17(16)14-22-20(25)18-10-7-13-24(15-18)21(26)23-19-11-3-2-4-12-19/h2-6,8-9,11-12,18H,7,10,13-15H2,1H3,(H,22,25)(H,23,26). The molecule has 1 aliphatic rings. The molecule has 3 rings (SSSR count). The van der Waals surface area contributed by atoms with E-state index in [1.165, 1.54) is 5.56 Å². The molecule has 1 heterocycles. The zero-order chi connectivity index (χ0) is 18.4. The van der Waals surface area contributed by atoms with Crippen molar-refractivity contribution in [3.63, 3.8) is 0 Å². The number of benzene rings is 2. The van der Waals surface area contributed by atoms with E-state index in [0.29, 0.717) is 19.6 Å². The zero-order valence-corrected chi connectivity index (χ0v) is 15.1. The molecule has 1 unspecified atom stereocenters. The van der Waals surface area contributed by atoms with E-state index >= 15 is 0 Å². The van der Waals surface area contributed by atoms with Crippen molar-refractivity contribution in [3.8, 4) is 0 Å². The number of carbonyl (C=O) groups is 2. The van der Waals surface area contributed by atoms with Gasteiger partial charge in [0.15, 0.2) is 0 Å². The molecule has 0 aromatic heterocycles. The third-order valence-corrected chi connectivity index (χ3v) is 4.82. The van der Waals surface area contributed by atoms with Crippen LogP contribution in [0.3, 0.4) is 0 Å². The van der Waals surface area contributed by atoms with Gasteiger partial charge in [0.2, 0.25) is 5.91 Å². The summed E-state index contributed by atoms with van der Waals surface area (Å²) >= 11 is 0. The second-order valence-electron chi connectivity index (χ2n) is 6.73. The van der Waals surface area contributed by atoms with Gasteiger partial charge < -0.3 is 15.5 Å². The molecule has 2 aromatic carbocycles. The Bertz CT molecular complexity index is 761. The Hall–Kier alpha value is -2.82. The van der Waals surface area contributed by atoms with Gasteiger partial charge in [-0.25, -0.2) is 4.79 Å². The van der Waals surface area contributed by atoms with Crippen LogP contribution >= 0.6 is 0 Å². The Kier molecular flexibility index (Phi) is 5.89. The van der Waals surface area contributed by atoms with Gasteiger partial charge in [0.1, 0.15) is 0 Å². The van der Waals surface area contributed by atoms with Crippen molar-refractivity contribution in [2.24, 2.45) is 5.92 Å². The summed E-state index contributed by atoms with van der Waals surface area (Å²) in [5, 5.41) is 5.91. The fourth-order valence-electron chi connectivity index (χ4n) is 3.23. The molecular weight excluding hydrogens is 326 g/mol. The van der Waals surface area contributed by atoms with Gasteiger partial charge in [-0.15, -0.1) is 0 Å². The summed E-state index contributed by atoms with van der Waals surface area (Å²) in [6, 6.07) is 17.3. The molecule has 5 heteroatoms. The fraction of sp³-hybridized carbons (Fsp3) is 0.333. The third kappa shape index (κ3) is 4.63. The second-order valence-corrected chi connectivity index (χ2v) is 6.73. The van der Waals surface area contributed by atoms with E-state index in [9.17, 15) is 9.59 Å². The van der Waals surface area contributed by atoms with Gasteiger partial charge in [0.25, 0.3) is 0 Å². The second kappa shape index (κ2) is 8.52. The Labute approximate surface area is 154 Å². The summed E-state index contributed by atoms with van der Waals surface area (Å²) in [5.41, 5.74) is 3.05. The number of carbonyl (C=O) groups excluding carboxylic acids is 2. The predicted octanol–water partition coefficient (Wildman–Crippen LogP) is 3.56. The minimum Gasteiger partial charge on any atom is -0.352 e. The van der Waals surface area contributed by atoms with Crippen LogP contribution in [-0.2, 0) is 11.3 Å². The number of hydrogen-bond acceptors (Lipinski definition) is 2.